The highest BCUT2D eigenvalue weighted by atomic mass is 79.9. The highest BCUT2D eigenvalue weighted by Crippen LogP contribution is 2.33. The maximum absolute atomic E-state index is 12.8. The van der Waals surface area contributed by atoms with Gasteiger partial charge in [-0.1, -0.05) is 34.1 Å². The lowest BCUT2D eigenvalue weighted by molar-refractivity contribution is -0.141. The van der Waals surface area contributed by atoms with Gasteiger partial charge in [0.25, 0.3) is 0 Å². The van der Waals surface area contributed by atoms with Crippen molar-refractivity contribution in [3.8, 4) is 11.3 Å². The third-order valence-electron chi connectivity index (χ3n) is 2.39. The predicted molar refractivity (Wildman–Crippen MR) is 69.7 cm³/mol. The van der Waals surface area contributed by atoms with Crippen LogP contribution in [-0.2, 0) is 6.18 Å². The molecule has 0 unspecified atom stereocenters. The Kier molecular flexibility index (Phi) is 3.75. The van der Waals surface area contributed by atoms with E-state index >= 15 is 0 Å². The van der Waals surface area contributed by atoms with E-state index in [1.165, 1.54) is 7.05 Å². The molecule has 0 radical (unpaired) electrons. The fraction of sp³-hybridized carbons (Fsp3) is 0.167. The molecule has 7 heteroatoms. The lowest BCUT2D eigenvalue weighted by Gasteiger charge is -2.11. The van der Waals surface area contributed by atoms with Crippen LogP contribution < -0.4 is 5.32 Å². The summed E-state index contributed by atoms with van der Waals surface area (Å²) in [6, 6.07) is 7.86. The molecular formula is C12H9BrF3N3. The Morgan fingerprint density at radius 3 is 2.42 bits per heavy atom. The third-order valence-corrected chi connectivity index (χ3v) is 3.08. The average molecular weight is 332 g/mol. The van der Waals surface area contributed by atoms with Crippen molar-refractivity contribution in [3.63, 3.8) is 0 Å². The van der Waals surface area contributed by atoms with Gasteiger partial charge in [0.2, 0.25) is 5.95 Å². The van der Waals surface area contributed by atoms with Crippen LogP contribution in [0.1, 0.15) is 5.69 Å². The molecule has 0 spiro atoms. The standard InChI is InChI=1S/C12H9BrF3N3/c1-17-11-18-9(6-10(19-11)12(14,15)16)7-4-2-3-5-8(7)13/h2-6H,1H3,(H,17,18,19). The van der Waals surface area contributed by atoms with Crippen molar-refractivity contribution in [1.82, 2.24) is 9.97 Å². The second-order valence-electron chi connectivity index (χ2n) is 3.69. The van der Waals surface area contributed by atoms with Crippen molar-refractivity contribution >= 4 is 21.9 Å². The summed E-state index contributed by atoms with van der Waals surface area (Å²) in [6.45, 7) is 0. The maximum atomic E-state index is 12.8. The van der Waals surface area contributed by atoms with E-state index in [-0.39, 0.29) is 11.6 Å². The van der Waals surface area contributed by atoms with E-state index in [4.69, 9.17) is 0 Å². The molecule has 3 nitrogen and oxygen atoms in total. The molecule has 2 rings (SSSR count). The fourth-order valence-corrected chi connectivity index (χ4v) is 2.00. The molecular weight excluding hydrogens is 323 g/mol. The van der Waals surface area contributed by atoms with Gasteiger partial charge in [-0.15, -0.1) is 0 Å². The van der Waals surface area contributed by atoms with E-state index in [0.29, 0.717) is 10.0 Å². The molecule has 0 saturated carbocycles. The summed E-state index contributed by atoms with van der Waals surface area (Å²) in [4.78, 5) is 7.46. The van der Waals surface area contributed by atoms with E-state index < -0.39 is 11.9 Å². The molecule has 2 aromatic rings. The zero-order valence-electron chi connectivity index (χ0n) is 9.79. The van der Waals surface area contributed by atoms with Crippen molar-refractivity contribution < 1.29 is 13.2 Å². The van der Waals surface area contributed by atoms with Gasteiger partial charge in [-0.05, 0) is 12.1 Å². The highest BCUT2D eigenvalue weighted by molar-refractivity contribution is 9.10. The largest absolute Gasteiger partial charge is 0.433 e. The second kappa shape index (κ2) is 5.16. The number of nitrogens with zero attached hydrogens (tertiary/aromatic N) is 2. The lowest BCUT2D eigenvalue weighted by Crippen LogP contribution is -2.11. The minimum absolute atomic E-state index is 0.0689. The molecule has 1 aromatic heterocycles. The first-order chi connectivity index (χ1) is 8.91. The van der Waals surface area contributed by atoms with Crippen LogP contribution >= 0.6 is 15.9 Å². The van der Waals surface area contributed by atoms with Gasteiger partial charge in [0.15, 0.2) is 5.69 Å². The van der Waals surface area contributed by atoms with Crippen LogP contribution in [0.25, 0.3) is 11.3 Å². The first-order valence-corrected chi connectivity index (χ1v) is 6.10. The number of benzene rings is 1. The molecule has 0 amide bonds. The molecule has 19 heavy (non-hydrogen) atoms. The molecule has 0 saturated heterocycles. The Morgan fingerprint density at radius 1 is 1.16 bits per heavy atom. The number of alkyl halides is 3. The predicted octanol–water partition coefficient (Wildman–Crippen LogP) is 3.97. The zero-order chi connectivity index (χ0) is 14.0. The van der Waals surface area contributed by atoms with E-state index in [0.717, 1.165) is 6.07 Å². The first-order valence-electron chi connectivity index (χ1n) is 5.31. The molecule has 1 heterocycles. The highest BCUT2D eigenvalue weighted by Gasteiger charge is 2.33. The Hall–Kier alpha value is -1.63. The Balaban J connectivity index is 2.61. The van der Waals surface area contributed by atoms with Crippen molar-refractivity contribution in [2.24, 2.45) is 0 Å². The molecule has 0 aliphatic heterocycles. The van der Waals surface area contributed by atoms with Gasteiger partial charge in [0.1, 0.15) is 0 Å². The SMILES string of the molecule is CNc1nc(-c2ccccc2Br)cc(C(F)(F)F)n1. The topological polar surface area (TPSA) is 37.8 Å². The summed E-state index contributed by atoms with van der Waals surface area (Å²) in [7, 11) is 1.47. The fourth-order valence-electron chi connectivity index (χ4n) is 1.51. The van der Waals surface area contributed by atoms with Crippen LogP contribution in [0.5, 0.6) is 0 Å². The minimum Gasteiger partial charge on any atom is -0.357 e. The number of nitrogens with one attached hydrogen (secondary N) is 1. The summed E-state index contributed by atoms with van der Waals surface area (Å²) < 4.78 is 39.0. The number of rotatable bonds is 2. The molecule has 0 aliphatic rings. The van der Waals surface area contributed by atoms with Crippen LogP contribution in [-0.4, -0.2) is 17.0 Å². The molecule has 0 atom stereocenters. The second-order valence-corrected chi connectivity index (χ2v) is 4.54. The van der Waals surface area contributed by atoms with E-state index in [9.17, 15) is 13.2 Å². The van der Waals surface area contributed by atoms with Crippen LogP contribution in [0.2, 0.25) is 0 Å². The Labute approximate surface area is 116 Å². The molecule has 100 valence electrons. The van der Waals surface area contributed by atoms with Gasteiger partial charge >= 0.3 is 6.18 Å². The van der Waals surface area contributed by atoms with E-state index in [1.54, 1.807) is 24.3 Å². The van der Waals surface area contributed by atoms with Crippen LogP contribution in [0, 0.1) is 0 Å². The van der Waals surface area contributed by atoms with Crippen LogP contribution in [0.3, 0.4) is 0 Å². The Bertz CT molecular complexity index is 599. The summed E-state index contributed by atoms with van der Waals surface area (Å²) >= 11 is 3.29. The van der Waals surface area contributed by atoms with Gasteiger partial charge in [0, 0.05) is 17.1 Å². The molecule has 0 aliphatic carbocycles. The summed E-state index contributed by atoms with van der Waals surface area (Å²) in [6.07, 6.45) is -4.51. The molecule has 0 fully saturated rings. The van der Waals surface area contributed by atoms with Crippen molar-refractivity contribution in [3.05, 3.63) is 40.5 Å². The molecule has 0 bridgehead atoms. The normalized spacial score (nSPS) is 11.4. The van der Waals surface area contributed by atoms with Gasteiger partial charge < -0.3 is 5.32 Å². The Morgan fingerprint density at radius 2 is 1.84 bits per heavy atom. The summed E-state index contributed by atoms with van der Waals surface area (Å²) in [5, 5.41) is 2.53. The number of aromatic nitrogens is 2. The smallest absolute Gasteiger partial charge is 0.357 e. The summed E-state index contributed by atoms with van der Waals surface area (Å²) in [5.74, 6) is -0.0689. The molecule has 1 N–H and O–H groups in total. The van der Waals surface area contributed by atoms with Gasteiger partial charge in [-0.2, -0.15) is 13.2 Å². The van der Waals surface area contributed by atoms with Gasteiger partial charge in [-0.25, -0.2) is 9.97 Å². The zero-order valence-corrected chi connectivity index (χ0v) is 11.4. The van der Waals surface area contributed by atoms with Crippen molar-refractivity contribution in [2.75, 3.05) is 12.4 Å². The summed E-state index contributed by atoms with van der Waals surface area (Å²) in [5.41, 5.74) is -0.191. The number of hydrogen-bond acceptors (Lipinski definition) is 3. The number of hydrogen-bond donors (Lipinski definition) is 1. The van der Waals surface area contributed by atoms with Crippen molar-refractivity contribution in [1.29, 1.82) is 0 Å². The molecule has 1 aromatic carbocycles. The lowest BCUT2D eigenvalue weighted by atomic mass is 10.1. The monoisotopic (exact) mass is 331 g/mol. The van der Waals surface area contributed by atoms with Gasteiger partial charge in [0.05, 0.1) is 5.69 Å². The van der Waals surface area contributed by atoms with Crippen LogP contribution in [0.15, 0.2) is 34.8 Å². The van der Waals surface area contributed by atoms with Crippen LogP contribution in [0.4, 0.5) is 19.1 Å². The van der Waals surface area contributed by atoms with Gasteiger partial charge in [-0.3, -0.25) is 0 Å². The number of halogens is 4. The van der Waals surface area contributed by atoms with E-state index in [1.807, 2.05) is 0 Å². The van der Waals surface area contributed by atoms with Crippen molar-refractivity contribution in [2.45, 2.75) is 6.18 Å². The van der Waals surface area contributed by atoms with E-state index in [2.05, 4.69) is 31.2 Å². The minimum atomic E-state index is -4.51. The average Bonchev–Trinajstić information content (AvgIpc) is 2.37. The quantitative estimate of drug-likeness (QED) is 0.904. The third kappa shape index (κ3) is 3.04. The maximum Gasteiger partial charge on any atom is 0.433 e. The number of anilines is 1. The first kappa shape index (κ1) is 13.8.